The molecule has 158 valence electrons. The average Bonchev–Trinajstić information content (AvgIpc) is 2.65. The number of pyridine rings is 1. The summed E-state index contributed by atoms with van der Waals surface area (Å²) in [5.74, 6) is -1.56. The molecule has 2 heterocycles. The van der Waals surface area contributed by atoms with Gasteiger partial charge in [0.2, 0.25) is 0 Å². The molecule has 0 bridgehead atoms. The molecule has 0 fully saturated rings. The van der Waals surface area contributed by atoms with Gasteiger partial charge in [-0.05, 0) is 24.0 Å². The fourth-order valence-electron chi connectivity index (χ4n) is 2.87. The van der Waals surface area contributed by atoms with E-state index >= 15 is 0 Å². The summed E-state index contributed by atoms with van der Waals surface area (Å²) >= 11 is 4.23. The van der Waals surface area contributed by atoms with E-state index in [9.17, 15) is 26.7 Å². The lowest BCUT2D eigenvalue weighted by atomic mass is 9.89. The molecule has 1 atom stereocenters. The summed E-state index contributed by atoms with van der Waals surface area (Å²) < 4.78 is 73.1. The summed E-state index contributed by atoms with van der Waals surface area (Å²) in [6.45, 7) is 3.35. The second-order valence-corrected chi connectivity index (χ2v) is 7.03. The third-order valence-electron chi connectivity index (χ3n) is 3.95. The molecule has 0 aliphatic heterocycles. The number of methoxy groups -OCH3 is 1. The monoisotopic (exact) mass is 435 g/mol. The van der Waals surface area contributed by atoms with Gasteiger partial charge in [0.15, 0.2) is 0 Å². The van der Waals surface area contributed by atoms with E-state index in [1.54, 1.807) is 13.8 Å². The maximum Gasteiger partial charge on any atom is 0.433 e. The Bertz CT molecular complexity index is 876. The van der Waals surface area contributed by atoms with Crippen molar-refractivity contribution in [1.82, 2.24) is 15.0 Å². The molecule has 29 heavy (non-hydrogen) atoms. The minimum atomic E-state index is -5.07. The third-order valence-corrected chi connectivity index (χ3v) is 4.44. The van der Waals surface area contributed by atoms with Crippen LogP contribution in [0.4, 0.5) is 22.0 Å². The largest absolute Gasteiger partial charge is 0.465 e. The van der Waals surface area contributed by atoms with Gasteiger partial charge in [-0.1, -0.05) is 13.8 Å². The Kier molecular flexibility index (Phi) is 7.15. The summed E-state index contributed by atoms with van der Waals surface area (Å²) in [6, 6.07) is 1.46. The zero-order valence-corrected chi connectivity index (χ0v) is 16.6. The molecular formula is C18H18F5N3O2S. The highest BCUT2D eigenvalue weighted by Gasteiger charge is 2.42. The number of carbonyl (C=O) groups is 1. The highest BCUT2D eigenvalue weighted by molar-refractivity contribution is 7.80. The number of hydrogen-bond acceptors (Lipinski definition) is 6. The Morgan fingerprint density at radius 3 is 2.24 bits per heavy atom. The first-order valence-electron chi connectivity index (χ1n) is 8.44. The molecule has 11 heteroatoms. The third kappa shape index (κ3) is 5.01. The van der Waals surface area contributed by atoms with E-state index in [-0.39, 0.29) is 23.7 Å². The Labute approximate surface area is 169 Å². The van der Waals surface area contributed by atoms with Crippen LogP contribution >= 0.6 is 12.6 Å². The second-order valence-electron chi connectivity index (χ2n) is 6.51. The number of alkyl halides is 5. The van der Waals surface area contributed by atoms with Crippen molar-refractivity contribution < 1.29 is 31.5 Å². The number of thiol groups is 1. The molecule has 2 rings (SSSR count). The molecule has 2 aromatic rings. The molecule has 0 aliphatic carbocycles. The first-order chi connectivity index (χ1) is 13.5. The molecular weight excluding hydrogens is 417 g/mol. The van der Waals surface area contributed by atoms with Gasteiger partial charge in [0, 0.05) is 18.0 Å². The summed E-state index contributed by atoms with van der Waals surface area (Å²) in [6.07, 6.45) is -5.99. The number of aromatic nitrogens is 3. The van der Waals surface area contributed by atoms with Gasteiger partial charge >= 0.3 is 12.1 Å². The minimum Gasteiger partial charge on any atom is -0.465 e. The van der Waals surface area contributed by atoms with Gasteiger partial charge < -0.3 is 4.74 Å². The van der Waals surface area contributed by atoms with Gasteiger partial charge in [0.25, 0.3) is 6.43 Å². The first-order valence-corrected chi connectivity index (χ1v) is 8.95. The van der Waals surface area contributed by atoms with Gasteiger partial charge in [0.1, 0.15) is 17.2 Å². The highest BCUT2D eigenvalue weighted by atomic mass is 32.1. The topological polar surface area (TPSA) is 65.0 Å². The zero-order valence-electron chi connectivity index (χ0n) is 15.7. The van der Waals surface area contributed by atoms with E-state index in [2.05, 4.69) is 32.3 Å². The van der Waals surface area contributed by atoms with E-state index in [0.29, 0.717) is 0 Å². The molecule has 0 aliphatic rings. The number of rotatable bonds is 6. The first kappa shape index (κ1) is 23.0. The lowest BCUT2D eigenvalue weighted by molar-refractivity contribution is -0.142. The molecule has 1 unspecified atom stereocenters. The summed E-state index contributed by atoms with van der Waals surface area (Å²) in [4.78, 5) is 23.2. The highest BCUT2D eigenvalue weighted by Crippen LogP contribution is 2.43. The Hall–Kier alpha value is -2.30. The van der Waals surface area contributed by atoms with Crippen molar-refractivity contribution >= 4 is 18.6 Å². The van der Waals surface area contributed by atoms with Crippen LogP contribution in [0.2, 0.25) is 0 Å². The predicted octanol–water partition coefficient (Wildman–Crippen LogP) is 4.83. The van der Waals surface area contributed by atoms with Crippen molar-refractivity contribution in [3.63, 3.8) is 0 Å². The van der Waals surface area contributed by atoms with Crippen LogP contribution in [-0.2, 0) is 17.3 Å². The number of hydrogen-bond donors (Lipinski definition) is 1. The van der Waals surface area contributed by atoms with Gasteiger partial charge in [-0.3, -0.25) is 0 Å². The summed E-state index contributed by atoms with van der Waals surface area (Å²) in [5, 5.41) is -1.36. The van der Waals surface area contributed by atoms with Crippen LogP contribution in [0.15, 0.2) is 18.5 Å². The molecule has 0 saturated heterocycles. The van der Waals surface area contributed by atoms with Crippen LogP contribution in [0.25, 0.3) is 0 Å². The normalized spacial score (nSPS) is 13.1. The number of ether oxygens (including phenoxy) is 1. The minimum absolute atomic E-state index is 0.0891. The van der Waals surface area contributed by atoms with Crippen molar-refractivity contribution in [2.24, 2.45) is 5.92 Å². The van der Waals surface area contributed by atoms with Crippen LogP contribution in [-0.4, -0.2) is 28.0 Å². The van der Waals surface area contributed by atoms with Crippen LogP contribution in [0, 0.1) is 5.92 Å². The standard InChI is InChI=1S/C18H18F5N3O2S/c1-8(2)7-9-10(17(27)28-3)12(15(19)20)26-14(18(21,22)23)11(9)13(29)16-24-5-4-6-25-16/h4-6,8,13,15,29H,7H2,1-3H3. The van der Waals surface area contributed by atoms with Crippen molar-refractivity contribution in [2.75, 3.05) is 7.11 Å². The van der Waals surface area contributed by atoms with Crippen molar-refractivity contribution in [3.8, 4) is 0 Å². The van der Waals surface area contributed by atoms with Gasteiger partial charge in [0.05, 0.1) is 17.9 Å². The predicted molar refractivity (Wildman–Crippen MR) is 96.9 cm³/mol. The molecule has 2 aromatic heterocycles. The number of esters is 1. The lowest BCUT2D eigenvalue weighted by Gasteiger charge is -2.24. The number of halogens is 5. The molecule has 0 spiro atoms. The van der Waals surface area contributed by atoms with Crippen molar-refractivity contribution in [1.29, 1.82) is 0 Å². The maximum absolute atomic E-state index is 13.8. The Morgan fingerprint density at radius 2 is 1.79 bits per heavy atom. The van der Waals surface area contributed by atoms with Crippen molar-refractivity contribution in [2.45, 2.75) is 38.1 Å². The van der Waals surface area contributed by atoms with Crippen LogP contribution in [0.1, 0.15) is 64.2 Å². The second kappa shape index (κ2) is 9.02. The molecule has 5 nitrogen and oxygen atoms in total. The Balaban J connectivity index is 2.98. The number of nitrogens with zero attached hydrogens (tertiary/aromatic N) is 3. The Morgan fingerprint density at radius 1 is 1.21 bits per heavy atom. The molecule has 0 aromatic carbocycles. The quantitative estimate of drug-likeness (QED) is 0.400. The fourth-order valence-corrected chi connectivity index (χ4v) is 3.28. The van der Waals surface area contributed by atoms with Crippen LogP contribution in [0.3, 0.4) is 0 Å². The molecule has 0 radical (unpaired) electrons. The van der Waals surface area contributed by atoms with Gasteiger partial charge in [-0.25, -0.2) is 28.5 Å². The molecule has 0 N–H and O–H groups in total. The van der Waals surface area contributed by atoms with E-state index in [4.69, 9.17) is 0 Å². The summed E-state index contributed by atoms with van der Waals surface area (Å²) in [5.41, 5.74) is -4.31. The van der Waals surface area contributed by atoms with Gasteiger partial charge in [-0.15, -0.1) is 0 Å². The van der Waals surface area contributed by atoms with Gasteiger partial charge in [-0.2, -0.15) is 25.8 Å². The van der Waals surface area contributed by atoms with E-state index in [1.165, 1.54) is 18.5 Å². The van der Waals surface area contributed by atoms with Crippen LogP contribution < -0.4 is 0 Å². The zero-order chi connectivity index (χ0) is 21.9. The van der Waals surface area contributed by atoms with E-state index < -0.39 is 46.3 Å². The fraction of sp³-hybridized carbons (Fsp3) is 0.444. The smallest absolute Gasteiger partial charge is 0.433 e. The van der Waals surface area contributed by atoms with Crippen molar-refractivity contribution in [3.05, 3.63) is 52.4 Å². The average molecular weight is 435 g/mol. The SMILES string of the molecule is COC(=O)c1c(C(F)F)nc(C(F)(F)F)c(C(S)c2ncccn2)c1CC(C)C. The molecule has 0 saturated carbocycles. The molecule has 0 amide bonds. The lowest BCUT2D eigenvalue weighted by Crippen LogP contribution is -2.24. The van der Waals surface area contributed by atoms with E-state index in [0.717, 1.165) is 7.11 Å². The summed E-state index contributed by atoms with van der Waals surface area (Å²) in [7, 11) is 0.951. The maximum atomic E-state index is 13.8. The number of carbonyl (C=O) groups excluding carboxylic acids is 1. The van der Waals surface area contributed by atoms with E-state index in [1.807, 2.05) is 0 Å². The van der Waals surface area contributed by atoms with Crippen LogP contribution in [0.5, 0.6) is 0 Å².